The Balaban J connectivity index is 0.000000279. The lowest BCUT2D eigenvalue weighted by Gasteiger charge is -2.52. The standard InChI is InChI=1S/C17H25NO3.C2HF3O2/c1-11-8-14(20)17-5-3-7-18-6-2-4-16(17,10-18)13(19)9-12(17)15(11)21;3-2(4,5)1(6)7/h11-12,15,21H,2-10H2,1H3;(H,6,7)/t11-,12+,15-,16-,17+;/m0./s1. The quantitative estimate of drug-likeness (QED) is 0.641. The molecule has 28 heavy (non-hydrogen) atoms. The van der Waals surface area contributed by atoms with Gasteiger partial charge in [0, 0.05) is 30.7 Å². The molecule has 158 valence electrons. The first-order chi connectivity index (χ1) is 13.0. The molecule has 6 atom stereocenters. The molecule has 1 unspecified atom stereocenters. The molecular weight excluding hydrogens is 379 g/mol. The van der Waals surface area contributed by atoms with E-state index in [-0.39, 0.29) is 23.4 Å². The molecule has 2 aliphatic carbocycles. The van der Waals surface area contributed by atoms with Crippen LogP contribution in [0.2, 0.25) is 0 Å². The van der Waals surface area contributed by atoms with E-state index in [1.807, 2.05) is 6.92 Å². The van der Waals surface area contributed by atoms with Crippen LogP contribution in [0.4, 0.5) is 13.2 Å². The number of Topliss-reactive ketones (excluding diaryl/α,β-unsaturated/α-hetero) is 2. The third-order valence-electron chi connectivity index (χ3n) is 7.29. The Kier molecular flexibility index (Phi) is 5.38. The van der Waals surface area contributed by atoms with E-state index in [9.17, 15) is 27.9 Å². The number of hydrogen-bond donors (Lipinski definition) is 2. The van der Waals surface area contributed by atoms with Gasteiger partial charge in [-0.2, -0.15) is 13.2 Å². The molecule has 2 aliphatic heterocycles. The van der Waals surface area contributed by atoms with E-state index >= 15 is 0 Å². The molecule has 2 bridgehead atoms. The van der Waals surface area contributed by atoms with Gasteiger partial charge in [0.15, 0.2) is 0 Å². The zero-order valence-electron chi connectivity index (χ0n) is 15.8. The summed E-state index contributed by atoms with van der Waals surface area (Å²) in [5.74, 6) is -2.34. The number of aliphatic hydroxyl groups excluding tert-OH is 1. The lowest BCUT2D eigenvalue weighted by Crippen LogP contribution is -2.60. The maximum atomic E-state index is 13.1. The Hall–Kier alpha value is -1.48. The molecule has 2 spiro atoms. The normalized spacial score (nSPS) is 42.6. The lowest BCUT2D eigenvalue weighted by atomic mass is 9.51. The number of carboxylic acid groups (broad SMARTS) is 1. The van der Waals surface area contributed by atoms with Crippen molar-refractivity contribution in [1.82, 2.24) is 4.90 Å². The van der Waals surface area contributed by atoms with Gasteiger partial charge in [0.2, 0.25) is 0 Å². The second kappa shape index (κ2) is 7.09. The highest BCUT2D eigenvalue weighted by molar-refractivity contribution is 6.00. The molecule has 0 amide bonds. The molecule has 6 nitrogen and oxygen atoms in total. The SMILES string of the molecule is C[C@H]1CC(=O)[C@]23CCCN4CCC[C@]2(C4)C(=O)C[C@@H]3[C@H]1O.O=C(O)C(F)(F)F. The largest absolute Gasteiger partial charge is 0.490 e. The average molecular weight is 405 g/mol. The van der Waals surface area contributed by atoms with E-state index in [2.05, 4.69) is 4.90 Å². The highest BCUT2D eigenvalue weighted by Gasteiger charge is 2.71. The van der Waals surface area contributed by atoms with Gasteiger partial charge >= 0.3 is 12.1 Å². The summed E-state index contributed by atoms with van der Waals surface area (Å²) in [6.45, 7) is 4.77. The maximum absolute atomic E-state index is 13.1. The summed E-state index contributed by atoms with van der Waals surface area (Å²) in [5.41, 5.74) is -1.03. The summed E-state index contributed by atoms with van der Waals surface area (Å²) in [6.07, 6.45) is -1.04. The Morgan fingerprint density at radius 1 is 1.11 bits per heavy atom. The van der Waals surface area contributed by atoms with E-state index in [1.54, 1.807) is 0 Å². The van der Waals surface area contributed by atoms with Crippen LogP contribution in [-0.4, -0.2) is 64.6 Å². The minimum Gasteiger partial charge on any atom is -0.475 e. The highest BCUT2D eigenvalue weighted by atomic mass is 19.4. The van der Waals surface area contributed by atoms with Gasteiger partial charge in [-0.1, -0.05) is 6.92 Å². The number of rotatable bonds is 0. The molecule has 2 heterocycles. The minimum atomic E-state index is -5.08. The number of halogens is 3. The monoisotopic (exact) mass is 405 g/mol. The molecule has 0 aromatic heterocycles. The van der Waals surface area contributed by atoms with E-state index in [4.69, 9.17) is 9.90 Å². The van der Waals surface area contributed by atoms with Crippen molar-refractivity contribution in [2.75, 3.05) is 19.6 Å². The average Bonchev–Trinajstić information content (AvgIpc) is 2.76. The van der Waals surface area contributed by atoms with Crippen LogP contribution in [0.25, 0.3) is 0 Å². The lowest BCUT2D eigenvalue weighted by molar-refractivity contribution is -0.192. The third kappa shape index (κ3) is 3.07. The van der Waals surface area contributed by atoms with Crippen molar-refractivity contribution in [3.05, 3.63) is 0 Å². The van der Waals surface area contributed by atoms with E-state index in [0.717, 1.165) is 45.3 Å². The first-order valence-electron chi connectivity index (χ1n) is 9.73. The number of aliphatic hydroxyl groups is 1. The van der Waals surface area contributed by atoms with Crippen LogP contribution in [0.1, 0.15) is 45.4 Å². The molecule has 0 radical (unpaired) electrons. The molecule has 2 saturated heterocycles. The smallest absolute Gasteiger partial charge is 0.475 e. The Morgan fingerprint density at radius 3 is 2.25 bits per heavy atom. The van der Waals surface area contributed by atoms with Gasteiger partial charge in [0.05, 0.1) is 11.5 Å². The fourth-order valence-electron chi connectivity index (χ4n) is 6.12. The number of carboxylic acids is 1. The molecular formula is C19H26F3NO5. The molecule has 0 aromatic rings. The van der Waals surface area contributed by atoms with E-state index < -0.39 is 29.1 Å². The second-order valence-corrected chi connectivity index (χ2v) is 8.67. The van der Waals surface area contributed by atoms with Gasteiger partial charge in [-0.05, 0) is 44.7 Å². The number of piperidine rings is 1. The second-order valence-electron chi connectivity index (χ2n) is 8.67. The predicted molar refractivity (Wildman–Crippen MR) is 91.4 cm³/mol. The van der Waals surface area contributed by atoms with Crippen molar-refractivity contribution >= 4 is 17.5 Å². The first kappa shape index (κ1) is 21.2. The van der Waals surface area contributed by atoms with Crippen LogP contribution in [0.3, 0.4) is 0 Å². The zero-order chi connectivity index (χ0) is 20.9. The molecule has 2 saturated carbocycles. The number of fused-ring (bicyclic) bond motifs is 1. The van der Waals surface area contributed by atoms with Crippen LogP contribution in [-0.2, 0) is 14.4 Å². The number of carbonyl (C=O) groups excluding carboxylic acids is 2. The highest BCUT2D eigenvalue weighted by Crippen LogP contribution is 2.65. The van der Waals surface area contributed by atoms with Gasteiger partial charge in [-0.15, -0.1) is 0 Å². The van der Waals surface area contributed by atoms with E-state index in [1.165, 1.54) is 0 Å². The van der Waals surface area contributed by atoms with Crippen LogP contribution >= 0.6 is 0 Å². The van der Waals surface area contributed by atoms with Gasteiger partial charge in [0.1, 0.15) is 11.6 Å². The molecule has 0 aromatic carbocycles. The van der Waals surface area contributed by atoms with Gasteiger partial charge < -0.3 is 15.1 Å². The summed E-state index contributed by atoms with van der Waals surface area (Å²) in [7, 11) is 0. The fraction of sp³-hybridized carbons (Fsp3) is 0.842. The van der Waals surface area contributed by atoms with Crippen molar-refractivity contribution in [1.29, 1.82) is 0 Å². The summed E-state index contributed by atoms with van der Waals surface area (Å²) in [5, 5.41) is 17.8. The number of ketones is 2. The molecule has 4 aliphatic rings. The van der Waals surface area contributed by atoms with Crippen LogP contribution < -0.4 is 0 Å². The van der Waals surface area contributed by atoms with Gasteiger partial charge in [-0.3, -0.25) is 9.59 Å². The molecule has 4 rings (SSSR count). The molecule has 2 N–H and O–H groups in total. The zero-order valence-corrected chi connectivity index (χ0v) is 15.8. The topological polar surface area (TPSA) is 94.9 Å². The fourth-order valence-corrected chi connectivity index (χ4v) is 6.12. The van der Waals surface area contributed by atoms with Crippen LogP contribution in [0.15, 0.2) is 0 Å². The summed E-state index contributed by atoms with van der Waals surface area (Å²) >= 11 is 0. The Labute approximate surface area is 161 Å². The van der Waals surface area contributed by atoms with Crippen molar-refractivity contribution in [2.24, 2.45) is 22.7 Å². The third-order valence-corrected chi connectivity index (χ3v) is 7.29. The summed E-state index contributed by atoms with van der Waals surface area (Å²) in [4.78, 5) is 37.3. The number of hydrogen-bond acceptors (Lipinski definition) is 5. The van der Waals surface area contributed by atoms with Crippen molar-refractivity contribution in [3.63, 3.8) is 0 Å². The minimum absolute atomic E-state index is 0.000906. The van der Waals surface area contributed by atoms with Gasteiger partial charge in [0.25, 0.3) is 0 Å². The number of nitrogens with zero attached hydrogens (tertiary/aromatic N) is 1. The van der Waals surface area contributed by atoms with Gasteiger partial charge in [-0.25, -0.2) is 4.79 Å². The van der Waals surface area contributed by atoms with Crippen molar-refractivity contribution < 1.29 is 37.8 Å². The number of carbonyl (C=O) groups is 3. The summed E-state index contributed by atoms with van der Waals surface area (Å²) in [6, 6.07) is 0. The predicted octanol–water partition coefficient (Wildman–Crippen LogP) is 2.04. The Bertz CT molecular complexity index is 681. The first-order valence-corrected chi connectivity index (χ1v) is 9.73. The van der Waals surface area contributed by atoms with Crippen molar-refractivity contribution in [2.45, 2.75) is 57.7 Å². The number of alkyl halides is 3. The Morgan fingerprint density at radius 2 is 1.68 bits per heavy atom. The van der Waals surface area contributed by atoms with Crippen LogP contribution in [0.5, 0.6) is 0 Å². The van der Waals surface area contributed by atoms with Crippen molar-refractivity contribution in [3.8, 4) is 0 Å². The maximum Gasteiger partial charge on any atom is 0.490 e. The summed E-state index contributed by atoms with van der Waals surface area (Å²) < 4.78 is 31.7. The number of aliphatic carboxylic acids is 1. The van der Waals surface area contributed by atoms with Crippen LogP contribution in [0, 0.1) is 22.7 Å². The molecule has 9 heteroatoms. The molecule has 4 fully saturated rings. The van der Waals surface area contributed by atoms with E-state index in [0.29, 0.717) is 12.8 Å².